The van der Waals surface area contributed by atoms with E-state index in [9.17, 15) is 0 Å². The lowest BCUT2D eigenvalue weighted by atomic mass is 9.75. The molecule has 0 heterocycles. The Balaban J connectivity index is 2.11. The molecule has 18 heavy (non-hydrogen) atoms. The number of hydrogen-bond donors (Lipinski definition) is 0. The molecule has 2 unspecified atom stereocenters. The van der Waals surface area contributed by atoms with Gasteiger partial charge >= 0.3 is 0 Å². The van der Waals surface area contributed by atoms with E-state index < -0.39 is 0 Å². The molecule has 0 bridgehead atoms. The summed E-state index contributed by atoms with van der Waals surface area (Å²) in [5, 5.41) is 0. The maximum Gasteiger partial charge on any atom is 0.118 e. The molecule has 0 aromatic heterocycles. The van der Waals surface area contributed by atoms with Gasteiger partial charge in [-0.25, -0.2) is 0 Å². The fraction of sp³-hybridized carbons (Fsp3) is 0.625. The minimum absolute atomic E-state index is 0.729. The van der Waals surface area contributed by atoms with Gasteiger partial charge in [-0.3, -0.25) is 0 Å². The summed E-state index contributed by atoms with van der Waals surface area (Å²) < 4.78 is 5.24. The van der Waals surface area contributed by atoms with Crippen molar-refractivity contribution in [2.45, 2.75) is 31.6 Å². The third-order valence-corrected chi connectivity index (χ3v) is 4.05. The van der Waals surface area contributed by atoms with Gasteiger partial charge in [-0.1, -0.05) is 25.0 Å². The molecule has 0 radical (unpaired) electrons. The molecule has 0 amide bonds. The molecular formula is C16H25NO. The molecule has 1 aromatic rings. The molecule has 0 spiro atoms. The first-order valence-electron chi connectivity index (χ1n) is 6.99. The van der Waals surface area contributed by atoms with E-state index in [4.69, 9.17) is 4.74 Å². The lowest BCUT2D eigenvalue weighted by Crippen LogP contribution is -2.28. The first-order chi connectivity index (χ1) is 8.70. The molecule has 2 heteroatoms. The smallest absolute Gasteiger partial charge is 0.118 e. The van der Waals surface area contributed by atoms with E-state index in [1.165, 1.54) is 37.8 Å². The third kappa shape index (κ3) is 3.26. The SMILES string of the molecule is COc1ccc(C2CCCCC2CN(C)C)cc1. The largest absolute Gasteiger partial charge is 0.497 e. The highest BCUT2D eigenvalue weighted by molar-refractivity contribution is 5.30. The molecule has 0 saturated heterocycles. The minimum atomic E-state index is 0.729. The van der Waals surface area contributed by atoms with Crippen LogP contribution in [0.15, 0.2) is 24.3 Å². The fourth-order valence-electron chi connectivity index (χ4n) is 3.19. The highest BCUT2D eigenvalue weighted by Gasteiger charge is 2.26. The van der Waals surface area contributed by atoms with Crippen LogP contribution < -0.4 is 4.74 Å². The van der Waals surface area contributed by atoms with E-state index >= 15 is 0 Å². The van der Waals surface area contributed by atoms with E-state index in [0.717, 1.165) is 17.6 Å². The lowest BCUT2D eigenvalue weighted by molar-refractivity contribution is 0.233. The summed E-state index contributed by atoms with van der Waals surface area (Å²) in [6, 6.07) is 8.68. The first-order valence-corrected chi connectivity index (χ1v) is 6.99. The van der Waals surface area contributed by atoms with Gasteiger partial charge in [0.25, 0.3) is 0 Å². The van der Waals surface area contributed by atoms with Crippen molar-refractivity contribution in [2.24, 2.45) is 5.92 Å². The van der Waals surface area contributed by atoms with Crippen LogP contribution in [0.25, 0.3) is 0 Å². The summed E-state index contributed by atoms with van der Waals surface area (Å²) in [5.41, 5.74) is 1.49. The van der Waals surface area contributed by atoms with E-state index in [0.29, 0.717) is 0 Å². The van der Waals surface area contributed by atoms with Gasteiger partial charge in [-0.05, 0) is 56.5 Å². The van der Waals surface area contributed by atoms with Crippen molar-refractivity contribution in [3.8, 4) is 5.75 Å². The molecule has 1 saturated carbocycles. The van der Waals surface area contributed by atoms with Crippen LogP contribution in [0.3, 0.4) is 0 Å². The summed E-state index contributed by atoms with van der Waals surface area (Å²) in [4.78, 5) is 2.33. The minimum Gasteiger partial charge on any atom is -0.497 e. The Morgan fingerprint density at radius 3 is 2.39 bits per heavy atom. The van der Waals surface area contributed by atoms with Crippen molar-refractivity contribution >= 4 is 0 Å². The molecule has 2 rings (SSSR count). The highest BCUT2D eigenvalue weighted by atomic mass is 16.5. The van der Waals surface area contributed by atoms with E-state index in [1.807, 2.05) is 0 Å². The average Bonchev–Trinajstić information content (AvgIpc) is 2.39. The molecule has 0 aliphatic heterocycles. The fourth-order valence-corrected chi connectivity index (χ4v) is 3.19. The Hall–Kier alpha value is -1.02. The number of ether oxygens (including phenoxy) is 1. The van der Waals surface area contributed by atoms with Gasteiger partial charge in [-0.15, -0.1) is 0 Å². The predicted octanol–water partition coefficient (Wildman–Crippen LogP) is 3.53. The van der Waals surface area contributed by atoms with Crippen molar-refractivity contribution in [3.05, 3.63) is 29.8 Å². The van der Waals surface area contributed by atoms with Gasteiger partial charge in [0.2, 0.25) is 0 Å². The maximum atomic E-state index is 5.24. The van der Waals surface area contributed by atoms with Crippen LogP contribution in [0.2, 0.25) is 0 Å². The summed E-state index contributed by atoms with van der Waals surface area (Å²) in [6.45, 7) is 1.21. The van der Waals surface area contributed by atoms with Crippen molar-refractivity contribution < 1.29 is 4.74 Å². The number of rotatable bonds is 4. The standard InChI is InChI=1S/C16H25NO/c1-17(2)12-14-6-4-5-7-16(14)13-8-10-15(18-3)11-9-13/h8-11,14,16H,4-7,12H2,1-3H3. The molecule has 1 aromatic carbocycles. The normalized spacial score (nSPS) is 24.2. The monoisotopic (exact) mass is 247 g/mol. The van der Waals surface area contributed by atoms with Gasteiger partial charge in [0.1, 0.15) is 5.75 Å². The van der Waals surface area contributed by atoms with Crippen molar-refractivity contribution in [1.29, 1.82) is 0 Å². The Bertz CT molecular complexity index is 358. The molecule has 1 aliphatic rings. The zero-order chi connectivity index (χ0) is 13.0. The quantitative estimate of drug-likeness (QED) is 0.807. The highest BCUT2D eigenvalue weighted by Crippen LogP contribution is 2.38. The van der Waals surface area contributed by atoms with Gasteiger partial charge in [0, 0.05) is 6.54 Å². The van der Waals surface area contributed by atoms with E-state index in [-0.39, 0.29) is 0 Å². The second-order valence-electron chi connectivity index (χ2n) is 5.69. The van der Waals surface area contributed by atoms with Crippen LogP contribution >= 0.6 is 0 Å². The number of nitrogens with zero attached hydrogens (tertiary/aromatic N) is 1. The Kier molecular flexibility index (Phi) is 4.65. The topological polar surface area (TPSA) is 12.5 Å². The van der Waals surface area contributed by atoms with Gasteiger partial charge < -0.3 is 9.64 Å². The Morgan fingerprint density at radius 1 is 1.11 bits per heavy atom. The zero-order valence-electron chi connectivity index (χ0n) is 11.9. The van der Waals surface area contributed by atoms with Crippen LogP contribution in [0.5, 0.6) is 5.75 Å². The predicted molar refractivity (Wildman–Crippen MR) is 76.2 cm³/mol. The maximum absolute atomic E-state index is 5.24. The summed E-state index contributed by atoms with van der Waals surface area (Å²) >= 11 is 0. The summed E-state index contributed by atoms with van der Waals surface area (Å²) in [7, 11) is 6.09. The van der Waals surface area contributed by atoms with E-state index in [1.54, 1.807) is 7.11 Å². The van der Waals surface area contributed by atoms with Crippen LogP contribution in [0.4, 0.5) is 0 Å². The number of methoxy groups -OCH3 is 1. The van der Waals surface area contributed by atoms with Gasteiger partial charge in [0.15, 0.2) is 0 Å². The lowest BCUT2D eigenvalue weighted by Gasteiger charge is -2.33. The third-order valence-electron chi connectivity index (χ3n) is 4.05. The summed E-state index contributed by atoms with van der Waals surface area (Å²) in [6.07, 6.45) is 5.48. The van der Waals surface area contributed by atoms with E-state index in [2.05, 4.69) is 43.3 Å². The molecule has 100 valence electrons. The molecule has 2 atom stereocenters. The first kappa shape index (κ1) is 13.4. The van der Waals surface area contributed by atoms with Crippen molar-refractivity contribution in [1.82, 2.24) is 4.90 Å². The zero-order valence-corrected chi connectivity index (χ0v) is 11.9. The van der Waals surface area contributed by atoms with Crippen molar-refractivity contribution in [2.75, 3.05) is 27.7 Å². The van der Waals surface area contributed by atoms with Crippen LogP contribution in [0.1, 0.15) is 37.2 Å². The second-order valence-corrected chi connectivity index (χ2v) is 5.69. The van der Waals surface area contributed by atoms with Gasteiger partial charge in [0.05, 0.1) is 7.11 Å². The van der Waals surface area contributed by atoms with Crippen LogP contribution in [0, 0.1) is 5.92 Å². The average molecular weight is 247 g/mol. The molecule has 2 nitrogen and oxygen atoms in total. The summed E-state index contributed by atoms with van der Waals surface area (Å²) in [5.74, 6) is 2.49. The van der Waals surface area contributed by atoms with Crippen LogP contribution in [-0.4, -0.2) is 32.6 Å². The van der Waals surface area contributed by atoms with Crippen LogP contribution in [-0.2, 0) is 0 Å². The molecule has 0 N–H and O–H groups in total. The molecule has 1 aliphatic carbocycles. The van der Waals surface area contributed by atoms with Crippen molar-refractivity contribution in [3.63, 3.8) is 0 Å². The van der Waals surface area contributed by atoms with Gasteiger partial charge in [-0.2, -0.15) is 0 Å². The molecular weight excluding hydrogens is 222 g/mol. The number of benzene rings is 1. The Morgan fingerprint density at radius 2 is 1.78 bits per heavy atom. The Labute approximate surface area is 111 Å². The second kappa shape index (κ2) is 6.24. The molecule has 1 fully saturated rings. The number of hydrogen-bond acceptors (Lipinski definition) is 2.